The summed E-state index contributed by atoms with van der Waals surface area (Å²) in [4.78, 5) is 18.4. The molecule has 3 heterocycles. The van der Waals surface area contributed by atoms with Crippen LogP contribution in [0.4, 0.5) is 0 Å². The van der Waals surface area contributed by atoms with Crippen molar-refractivity contribution in [2.24, 2.45) is 0 Å². The molecule has 0 saturated carbocycles. The number of para-hydroxylation sites is 1. The number of rotatable bonds is 2. The summed E-state index contributed by atoms with van der Waals surface area (Å²) in [6, 6.07) is 6.24. The molecule has 5 nitrogen and oxygen atoms in total. The highest BCUT2D eigenvalue weighted by molar-refractivity contribution is 6.01. The Morgan fingerprint density at radius 1 is 1.25 bits per heavy atom. The molecule has 0 amide bonds. The molecule has 0 aliphatic carbocycles. The molecule has 2 aliphatic rings. The number of carboxylic acid groups (broad SMARTS) is 1. The summed E-state index contributed by atoms with van der Waals surface area (Å²) in [5.41, 5.74) is 1.91. The lowest BCUT2D eigenvalue weighted by molar-refractivity contribution is 0.0698. The maximum atomic E-state index is 11.5. The van der Waals surface area contributed by atoms with Gasteiger partial charge in [0.05, 0.1) is 29.0 Å². The Kier molecular flexibility index (Phi) is 2.57. The third kappa shape index (κ3) is 1.59. The summed E-state index contributed by atoms with van der Waals surface area (Å²) in [6.45, 7) is 2.30. The van der Waals surface area contributed by atoms with E-state index in [0.29, 0.717) is 17.6 Å². The Balaban J connectivity index is 1.86. The van der Waals surface area contributed by atoms with Crippen LogP contribution < -0.4 is 0 Å². The van der Waals surface area contributed by atoms with Crippen LogP contribution in [0, 0.1) is 0 Å². The normalized spacial score (nSPS) is 26.2. The summed E-state index contributed by atoms with van der Waals surface area (Å²) in [5.74, 6) is -0.876. The molecule has 104 valence electrons. The van der Waals surface area contributed by atoms with Gasteiger partial charge in [-0.05, 0) is 37.9 Å². The SMILES string of the molecule is O=C(O)c1cccc2ncn(C3CCN4CCCC34)c12. The van der Waals surface area contributed by atoms with Crippen LogP contribution in [-0.4, -0.2) is 44.7 Å². The van der Waals surface area contributed by atoms with E-state index in [9.17, 15) is 9.90 Å². The van der Waals surface area contributed by atoms with Crippen molar-refractivity contribution in [2.45, 2.75) is 31.3 Å². The maximum absolute atomic E-state index is 11.5. The van der Waals surface area contributed by atoms with Crippen molar-refractivity contribution >= 4 is 17.0 Å². The standard InChI is InChI=1S/C15H17N3O2/c19-15(20)10-3-1-4-11-14(10)18(9-16-11)13-6-8-17-7-2-5-12(13)17/h1,3-4,9,12-13H,2,5-8H2,(H,19,20). The summed E-state index contributed by atoms with van der Waals surface area (Å²) < 4.78 is 2.11. The van der Waals surface area contributed by atoms with Gasteiger partial charge >= 0.3 is 5.97 Å². The van der Waals surface area contributed by atoms with Crippen LogP contribution in [0.5, 0.6) is 0 Å². The molecule has 2 saturated heterocycles. The van der Waals surface area contributed by atoms with Gasteiger partial charge < -0.3 is 9.67 Å². The lowest BCUT2D eigenvalue weighted by Gasteiger charge is -2.22. The Labute approximate surface area is 116 Å². The molecule has 2 aromatic rings. The molecular formula is C15H17N3O2. The van der Waals surface area contributed by atoms with Gasteiger partial charge in [0.25, 0.3) is 0 Å². The number of carboxylic acids is 1. The van der Waals surface area contributed by atoms with Crippen LogP contribution in [0.3, 0.4) is 0 Å². The molecule has 4 rings (SSSR count). The van der Waals surface area contributed by atoms with E-state index in [2.05, 4.69) is 14.5 Å². The van der Waals surface area contributed by atoms with Crippen molar-refractivity contribution in [1.29, 1.82) is 0 Å². The highest BCUT2D eigenvalue weighted by Gasteiger charge is 2.38. The van der Waals surface area contributed by atoms with Crippen LogP contribution in [0.1, 0.15) is 35.7 Å². The molecule has 0 bridgehead atoms. The lowest BCUT2D eigenvalue weighted by Crippen LogP contribution is -2.27. The number of hydrogen-bond donors (Lipinski definition) is 1. The van der Waals surface area contributed by atoms with Gasteiger partial charge in [0.1, 0.15) is 0 Å². The van der Waals surface area contributed by atoms with Gasteiger partial charge in [-0.15, -0.1) is 0 Å². The van der Waals surface area contributed by atoms with Crippen molar-refractivity contribution < 1.29 is 9.90 Å². The Hall–Kier alpha value is -1.88. The molecular weight excluding hydrogens is 254 g/mol. The van der Waals surface area contributed by atoms with Crippen molar-refractivity contribution in [3.05, 3.63) is 30.1 Å². The number of hydrogen-bond acceptors (Lipinski definition) is 3. The lowest BCUT2D eigenvalue weighted by atomic mass is 10.1. The first-order chi connectivity index (χ1) is 9.75. The Bertz CT molecular complexity index is 679. The third-order valence-corrected chi connectivity index (χ3v) is 4.75. The molecule has 2 atom stereocenters. The topological polar surface area (TPSA) is 58.4 Å². The second-order valence-electron chi connectivity index (χ2n) is 5.73. The molecule has 1 aromatic heterocycles. The van der Waals surface area contributed by atoms with Crippen LogP contribution in [0.15, 0.2) is 24.5 Å². The maximum Gasteiger partial charge on any atom is 0.337 e. The minimum absolute atomic E-state index is 0.358. The number of fused-ring (bicyclic) bond motifs is 2. The second kappa shape index (κ2) is 4.31. The van der Waals surface area contributed by atoms with Crippen molar-refractivity contribution in [1.82, 2.24) is 14.5 Å². The quantitative estimate of drug-likeness (QED) is 0.909. The summed E-state index contributed by atoms with van der Waals surface area (Å²) >= 11 is 0. The van der Waals surface area contributed by atoms with Gasteiger partial charge in [0.15, 0.2) is 0 Å². The fourth-order valence-corrected chi connectivity index (χ4v) is 3.89. The average Bonchev–Trinajstić information content (AvgIpc) is 3.11. The van der Waals surface area contributed by atoms with Crippen LogP contribution in [-0.2, 0) is 0 Å². The largest absolute Gasteiger partial charge is 0.478 e. The molecule has 0 spiro atoms. The zero-order chi connectivity index (χ0) is 13.7. The molecule has 5 heteroatoms. The van der Waals surface area contributed by atoms with Gasteiger partial charge in [-0.25, -0.2) is 9.78 Å². The first kappa shape index (κ1) is 11.9. The second-order valence-corrected chi connectivity index (χ2v) is 5.73. The number of nitrogens with zero attached hydrogens (tertiary/aromatic N) is 3. The van der Waals surface area contributed by atoms with Gasteiger partial charge in [-0.2, -0.15) is 0 Å². The fraction of sp³-hybridized carbons (Fsp3) is 0.467. The van der Waals surface area contributed by atoms with Gasteiger partial charge in [0, 0.05) is 12.6 Å². The molecule has 20 heavy (non-hydrogen) atoms. The van der Waals surface area contributed by atoms with Crippen molar-refractivity contribution in [2.75, 3.05) is 13.1 Å². The van der Waals surface area contributed by atoms with Gasteiger partial charge in [0.2, 0.25) is 0 Å². The molecule has 2 aliphatic heterocycles. The first-order valence-electron chi connectivity index (χ1n) is 7.18. The highest BCUT2D eigenvalue weighted by atomic mass is 16.4. The van der Waals surface area contributed by atoms with Crippen LogP contribution >= 0.6 is 0 Å². The van der Waals surface area contributed by atoms with E-state index < -0.39 is 5.97 Å². The smallest absolute Gasteiger partial charge is 0.337 e. The monoisotopic (exact) mass is 271 g/mol. The van der Waals surface area contributed by atoms with Crippen LogP contribution in [0.2, 0.25) is 0 Å². The summed E-state index contributed by atoms with van der Waals surface area (Å²) in [5, 5.41) is 9.40. The van der Waals surface area contributed by atoms with E-state index in [-0.39, 0.29) is 0 Å². The Morgan fingerprint density at radius 2 is 2.15 bits per heavy atom. The van der Waals surface area contributed by atoms with Gasteiger partial charge in [-0.3, -0.25) is 4.90 Å². The van der Waals surface area contributed by atoms with E-state index in [1.54, 1.807) is 12.1 Å². The fourth-order valence-electron chi connectivity index (χ4n) is 3.89. The van der Waals surface area contributed by atoms with Gasteiger partial charge in [-0.1, -0.05) is 6.07 Å². The van der Waals surface area contributed by atoms with Crippen LogP contribution in [0.25, 0.3) is 11.0 Å². The minimum atomic E-state index is -0.876. The molecule has 0 radical (unpaired) electrons. The summed E-state index contributed by atoms with van der Waals surface area (Å²) in [6.07, 6.45) is 5.37. The number of aromatic nitrogens is 2. The van der Waals surface area contributed by atoms with E-state index in [0.717, 1.165) is 24.0 Å². The van der Waals surface area contributed by atoms with Crippen molar-refractivity contribution in [3.63, 3.8) is 0 Å². The van der Waals surface area contributed by atoms with E-state index in [1.165, 1.54) is 19.4 Å². The summed E-state index contributed by atoms with van der Waals surface area (Å²) in [7, 11) is 0. The predicted molar refractivity (Wildman–Crippen MR) is 74.9 cm³/mol. The predicted octanol–water partition coefficient (Wildman–Crippen LogP) is 2.14. The minimum Gasteiger partial charge on any atom is -0.478 e. The molecule has 1 aromatic carbocycles. The molecule has 1 N–H and O–H groups in total. The highest BCUT2D eigenvalue weighted by Crippen LogP contribution is 2.37. The van der Waals surface area contributed by atoms with Crippen molar-refractivity contribution in [3.8, 4) is 0 Å². The van der Waals surface area contributed by atoms with E-state index in [4.69, 9.17) is 0 Å². The third-order valence-electron chi connectivity index (χ3n) is 4.75. The number of benzene rings is 1. The number of carbonyl (C=O) groups is 1. The average molecular weight is 271 g/mol. The zero-order valence-corrected chi connectivity index (χ0v) is 11.2. The Morgan fingerprint density at radius 3 is 3.00 bits per heavy atom. The molecule has 2 fully saturated rings. The zero-order valence-electron chi connectivity index (χ0n) is 11.2. The van der Waals surface area contributed by atoms with E-state index in [1.807, 2.05) is 12.4 Å². The number of aromatic carboxylic acids is 1. The number of imidazole rings is 1. The molecule has 2 unspecified atom stereocenters. The van der Waals surface area contributed by atoms with E-state index >= 15 is 0 Å². The first-order valence-corrected chi connectivity index (χ1v) is 7.18.